The summed E-state index contributed by atoms with van der Waals surface area (Å²) in [5.41, 5.74) is 10.3. The molecule has 0 spiro atoms. The molecule has 4 rings (SSSR count). The highest BCUT2D eigenvalue weighted by Gasteiger charge is 2.11. The fourth-order valence-electron chi connectivity index (χ4n) is 2.30. The molecule has 0 aliphatic rings. The highest BCUT2D eigenvalue weighted by atomic mass is 15.2. The van der Waals surface area contributed by atoms with Crippen LogP contribution in [0, 0.1) is 0 Å². The van der Waals surface area contributed by atoms with Crippen molar-refractivity contribution in [3.63, 3.8) is 0 Å². The summed E-state index contributed by atoms with van der Waals surface area (Å²) in [6.45, 7) is 0. The predicted octanol–water partition coefficient (Wildman–Crippen LogP) is 2.46. The SMILES string of the molecule is Nc1cccc2[nH]c(-c3cnn4ccccc34)nc12. The van der Waals surface area contributed by atoms with Crippen molar-refractivity contribution in [1.29, 1.82) is 0 Å². The van der Waals surface area contributed by atoms with Crippen LogP contribution in [0.2, 0.25) is 0 Å². The third-order valence-electron chi connectivity index (χ3n) is 3.23. The number of hydrogen-bond donors (Lipinski definition) is 2. The van der Waals surface area contributed by atoms with Crippen LogP contribution < -0.4 is 5.73 Å². The highest BCUT2D eigenvalue weighted by Crippen LogP contribution is 2.26. The van der Waals surface area contributed by atoms with Crippen molar-refractivity contribution in [2.45, 2.75) is 0 Å². The molecule has 19 heavy (non-hydrogen) atoms. The number of benzene rings is 1. The second kappa shape index (κ2) is 3.58. The van der Waals surface area contributed by atoms with Gasteiger partial charge in [0.2, 0.25) is 0 Å². The first-order chi connectivity index (χ1) is 9.33. The number of para-hydroxylation sites is 1. The summed E-state index contributed by atoms with van der Waals surface area (Å²) in [5.74, 6) is 0.786. The molecule has 0 saturated carbocycles. The van der Waals surface area contributed by atoms with Gasteiger partial charge in [-0.15, -0.1) is 0 Å². The number of nitrogens with zero attached hydrogens (tertiary/aromatic N) is 3. The van der Waals surface area contributed by atoms with E-state index in [4.69, 9.17) is 5.73 Å². The number of H-pyrrole nitrogens is 1. The van der Waals surface area contributed by atoms with Gasteiger partial charge in [0, 0.05) is 6.20 Å². The number of pyridine rings is 1. The molecule has 3 heterocycles. The molecule has 0 atom stereocenters. The Balaban J connectivity index is 2.02. The summed E-state index contributed by atoms with van der Waals surface area (Å²) in [6, 6.07) is 11.7. The number of hydrogen-bond acceptors (Lipinski definition) is 3. The van der Waals surface area contributed by atoms with Crippen molar-refractivity contribution in [1.82, 2.24) is 19.6 Å². The first kappa shape index (κ1) is 10.1. The van der Waals surface area contributed by atoms with E-state index in [0.717, 1.165) is 27.9 Å². The second-order valence-electron chi connectivity index (χ2n) is 4.42. The zero-order valence-corrected chi connectivity index (χ0v) is 10.0. The molecule has 3 aromatic heterocycles. The second-order valence-corrected chi connectivity index (χ2v) is 4.42. The Kier molecular flexibility index (Phi) is 1.91. The number of imidazole rings is 1. The highest BCUT2D eigenvalue weighted by molar-refractivity contribution is 5.90. The molecule has 92 valence electrons. The Morgan fingerprint density at radius 2 is 2.05 bits per heavy atom. The minimum absolute atomic E-state index is 0.677. The third-order valence-corrected chi connectivity index (χ3v) is 3.23. The van der Waals surface area contributed by atoms with Gasteiger partial charge in [-0.25, -0.2) is 9.50 Å². The normalized spacial score (nSPS) is 11.4. The van der Waals surface area contributed by atoms with Gasteiger partial charge in [-0.05, 0) is 24.3 Å². The van der Waals surface area contributed by atoms with E-state index in [1.54, 1.807) is 0 Å². The standard InChI is InChI=1S/C14H11N5/c15-10-4-3-5-11-13(10)18-14(17-11)9-8-16-19-7-2-1-6-12(9)19/h1-8H,15H2,(H,17,18). The van der Waals surface area contributed by atoms with Crippen LogP contribution in [0.25, 0.3) is 27.9 Å². The number of fused-ring (bicyclic) bond motifs is 2. The van der Waals surface area contributed by atoms with Crippen molar-refractivity contribution >= 4 is 22.2 Å². The number of nitrogens with two attached hydrogens (primary N) is 1. The molecule has 0 radical (unpaired) electrons. The fraction of sp³-hybridized carbons (Fsp3) is 0. The summed E-state index contributed by atoms with van der Waals surface area (Å²) >= 11 is 0. The van der Waals surface area contributed by atoms with E-state index in [1.165, 1.54) is 0 Å². The lowest BCUT2D eigenvalue weighted by atomic mass is 10.2. The minimum Gasteiger partial charge on any atom is -0.397 e. The molecule has 0 bridgehead atoms. The first-order valence-corrected chi connectivity index (χ1v) is 6.00. The Hall–Kier alpha value is -2.82. The number of aromatic amines is 1. The predicted molar refractivity (Wildman–Crippen MR) is 74.7 cm³/mol. The van der Waals surface area contributed by atoms with Crippen LogP contribution in [0.4, 0.5) is 5.69 Å². The van der Waals surface area contributed by atoms with Gasteiger partial charge < -0.3 is 10.7 Å². The number of nitrogen functional groups attached to an aromatic ring is 1. The summed E-state index contributed by atoms with van der Waals surface area (Å²) < 4.78 is 1.83. The molecule has 5 nitrogen and oxygen atoms in total. The first-order valence-electron chi connectivity index (χ1n) is 6.00. The van der Waals surface area contributed by atoms with Crippen molar-refractivity contribution in [3.05, 3.63) is 48.8 Å². The average molecular weight is 249 g/mol. The van der Waals surface area contributed by atoms with Crippen LogP contribution in [-0.4, -0.2) is 19.6 Å². The van der Waals surface area contributed by atoms with E-state index >= 15 is 0 Å². The Labute approximate surface area is 108 Å². The lowest BCUT2D eigenvalue weighted by molar-refractivity contribution is 0.961. The molecular formula is C14H11N5. The van der Waals surface area contributed by atoms with Crippen LogP contribution in [0.15, 0.2) is 48.8 Å². The Bertz CT molecular complexity index is 887. The van der Waals surface area contributed by atoms with Crippen LogP contribution in [0.5, 0.6) is 0 Å². The van der Waals surface area contributed by atoms with Gasteiger partial charge in [0.15, 0.2) is 0 Å². The van der Waals surface area contributed by atoms with E-state index in [9.17, 15) is 0 Å². The molecule has 0 aliphatic carbocycles. The van der Waals surface area contributed by atoms with E-state index < -0.39 is 0 Å². The smallest absolute Gasteiger partial charge is 0.142 e. The lowest BCUT2D eigenvalue weighted by Gasteiger charge is -1.93. The van der Waals surface area contributed by atoms with E-state index in [2.05, 4.69) is 15.1 Å². The molecule has 0 unspecified atom stereocenters. The van der Waals surface area contributed by atoms with Gasteiger partial charge in [-0.1, -0.05) is 12.1 Å². The minimum atomic E-state index is 0.677. The van der Waals surface area contributed by atoms with E-state index in [1.807, 2.05) is 53.3 Å². The van der Waals surface area contributed by atoms with Crippen LogP contribution >= 0.6 is 0 Å². The van der Waals surface area contributed by atoms with Crippen LogP contribution in [0.1, 0.15) is 0 Å². The molecular weight excluding hydrogens is 238 g/mol. The summed E-state index contributed by atoms with van der Waals surface area (Å²) in [7, 11) is 0. The van der Waals surface area contributed by atoms with E-state index in [0.29, 0.717) is 5.69 Å². The summed E-state index contributed by atoms with van der Waals surface area (Å²) in [4.78, 5) is 7.86. The van der Waals surface area contributed by atoms with E-state index in [-0.39, 0.29) is 0 Å². The number of nitrogens with one attached hydrogen (secondary N) is 1. The summed E-state index contributed by atoms with van der Waals surface area (Å²) in [6.07, 6.45) is 3.72. The fourth-order valence-corrected chi connectivity index (χ4v) is 2.30. The third kappa shape index (κ3) is 1.41. The number of anilines is 1. The average Bonchev–Trinajstić information content (AvgIpc) is 3.02. The molecule has 0 saturated heterocycles. The maximum absolute atomic E-state index is 5.93. The van der Waals surface area contributed by atoms with Crippen molar-refractivity contribution < 1.29 is 0 Å². The van der Waals surface area contributed by atoms with Gasteiger partial charge in [-0.3, -0.25) is 0 Å². The van der Waals surface area contributed by atoms with Crippen LogP contribution in [-0.2, 0) is 0 Å². The van der Waals surface area contributed by atoms with Crippen molar-refractivity contribution in [3.8, 4) is 11.4 Å². The Morgan fingerprint density at radius 1 is 1.11 bits per heavy atom. The van der Waals surface area contributed by atoms with Gasteiger partial charge in [0.25, 0.3) is 0 Å². The van der Waals surface area contributed by atoms with Gasteiger partial charge in [-0.2, -0.15) is 5.10 Å². The monoisotopic (exact) mass is 249 g/mol. The van der Waals surface area contributed by atoms with Crippen molar-refractivity contribution in [2.75, 3.05) is 5.73 Å². The zero-order chi connectivity index (χ0) is 12.8. The maximum Gasteiger partial charge on any atom is 0.142 e. The molecule has 0 amide bonds. The Morgan fingerprint density at radius 3 is 2.95 bits per heavy atom. The molecule has 0 aliphatic heterocycles. The van der Waals surface area contributed by atoms with Gasteiger partial charge in [0.05, 0.1) is 28.5 Å². The largest absolute Gasteiger partial charge is 0.397 e. The topological polar surface area (TPSA) is 72.0 Å². The molecule has 3 N–H and O–H groups in total. The van der Waals surface area contributed by atoms with Crippen LogP contribution in [0.3, 0.4) is 0 Å². The maximum atomic E-state index is 5.93. The van der Waals surface area contributed by atoms with Gasteiger partial charge in [0.1, 0.15) is 11.3 Å². The lowest BCUT2D eigenvalue weighted by Crippen LogP contribution is -1.85. The molecule has 1 aromatic carbocycles. The number of rotatable bonds is 1. The zero-order valence-electron chi connectivity index (χ0n) is 10.0. The van der Waals surface area contributed by atoms with Gasteiger partial charge >= 0.3 is 0 Å². The summed E-state index contributed by atoms with van der Waals surface area (Å²) in [5, 5.41) is 4.31. The van der Waals surface area contributed by atoms with Crippen molar-refractivity contribution in [2.24, 2.45) is 0 Å². The quantitative estimate of drug-likeness (QED) is 0.509. The molecule has 5 heteroatoms. The molecule has 4 aromatic rings. The number of aromatic nitrogens is 4. The molecule has 0 fully saturated rings.